The summed E-state index contributed by atoms with van der Waals surface area (Å²) in [5.74, 6) is -0.647. The molecule has 0 fully saturated rings. The summed E-state index contributed by atoms with van der Waals surface area (Å²) >= 11 is 0. The third-order valence-electron chi connectivity index (χ3n) is 2.44. The SMILES string of the molecule is CC(=O)N(O)C/C=C(\c1ccc(C#N)cc1)P(=O)(O)O.N.N. The van der Waals surface area contributed by atoms with E-state index in [0.29, 0.717) is 10.6 Å². The molecule has 10 heteroatoms. The summed E-state index contributed by atoms with van der Waals surface area (Å²) in [7, 11) is -4.58. The zero-order chi connectivity index (χ0) is 15.3. The van der Waals surface area contributed by atoms with Gasteiger partial charge in [0, 0.05) is 6.92 Å². The topological polar surface area (TPSA) is 192 Å². The van der Waals surface area contributed by atoms with Crippen LogP contribution in [0.4, 0.5) is 0 Å². The van der Waals surface area contributed by atoms with Crippen LogP contribution >= 0.6 is 7.60 Å². The van der Waals surface area contributed by atoms with Crippen LogP contribution in [0.15, 0.2) is 30.3 Å². The summed E-state index contributed by atoms with van der Waals surface area (Å²) < 4.78 is 11.4. The van der Waals surface area contributed by atoms with E-state index in [1.54, 1.807) is 0 Å². The van der Waals surface area contributed by atoms with Crippen molar-refractivity contribution in [3.05, 3.63) is 41.5 Å². The summed E-state index contributed by atoms with van der Waals surface area (Å²) in [5.41, 5.74) is 0.570. The second-order valence-corrected chi connectivity index (χ2v) is 5.49. The number of hydrogen-bond donors (Lipinski definition) is 5. The van der Waals surface area contributed by atoms with Crippen molar-refractivity contribution in [3.63, 3.8) is 0 Å². The van der Waals surface area contributed by atoms with Gasteiger partial charge in [0.2, 0.25) is 5.91 Å². The molecule has 122 valence electrons. The molecule has 1 amide bonds. The molecule has 1 aromatic rings. The van der Waals surface area contributed by atoms with Crippen molar-refractivity contribution in [3.8, 4) is 6.07 Å². The Labute approximate surface area is 127 Å². The second kappa shape index (κ2) is 9.07. The van der Waals surface area contributed by atoms with Gasteiger partial charge in [-0.05, 0) is 23.8 Å². The summed E-state index contributed by atoms with van der Waals surface area (Å²) in [5, 5.41) is 17.9. The van der Waals surface area contributed by atoms with E-state index in [4.69, 9.17) is 5.26 Å². The first-order valence-electron chi connectivity index (χ1n) is 5.49. The molecule has 0 aliphatic heterocycles. The van der Waals surface area contributed by atoms with E-state index in [-0.39, 0.29) is 29.7 Å². The van der Waals surface area contributed by atoms with Crippen molar-refractivity contribution in [2.75, 3.05) is 6.54 Å². The van der Waals surface area contributed by atoms with Crippen molar-refractivity contribution >= 4 is 18.8 Å². The van der Waals surface area contributed by atoms with E-state index in [2.05, 4.69) is 0 Å². The lowest BCUT2D eigenvalue weighted by molar-refractivity contribution is -0.160. The minimum Gasteiger partial charge on any atom is -0.344 e. The fourth-order valence-corrected chi connectivity index (χ4v) is 2.23. The highest BCUT2D eigenvalue weighted by atomic mass is 31.2. The van der Waals surface area contributed by atoms with Crippen molar-refractivity contribution in [1.29, 1.82) is 5.26 Å². The Bertz CT molecular complexity index is 617. The molecule has 9 nitrogen and oxygen atoms in total. The number of nitriles is 1. The summed E-state index contributed by atoms with van der Waals surface area (Å²) in [6.07, 6.45) is 1.07. The number of carbonyl (C=O) groups is 1. The predicted octanol–water partition coefficient (Wildman–Crippen LogP) is 1.64. The highest BCUT2D eigenvalue weighted by molar-refractivity contribution is 7.63. The fraction of sp³-hybridized carbons (Fsp3) is 0.167. The minimum atomic E-state index is -4.58. The summed E-state index contributed by atoms with van der Waals surface area (Å²) in [4.78, 5) is 29.4. The number of nitrogens with zero attached hydrogens (tertiary/aromatic N) is 2. The van der Waals surface area contributed by atoms with Gasteiger partial charge in [0.1, 0.15) is 0 Å². The number of carbonyl (C=O) groups excluding carboxylic acids is 1. The van der Waals surface area contributed by atoms with Gasteiger partial charge in [0.15, 0.2) is 0 Å². The smallest absolute Gasteiger partial charge is 0.344 e. The molecule has 0 spiro atoms. The van der Waals surface area contributed by atoms with Gasteiger partial charge >= 0.3 is 7.60 Å². The number of amides is 1. The Balaban J connectivity index is 0. The monoisotopic (exact) mass is 330 g/mol. The summed E-state index contributed by atoms with van der Waals surface area (Å²) in [6.45, 7) is 0.766. The van der Waals surface area contributed by atoms with E-state index >= 15 is 0 Å². The molecule has 1 rings (SSSR count). The Kier molecular flexibility index (Phi) is 9.16. The van der Waals surface area contributed by atoms with Gasteiger partial charge in [-0.25, -0.2) is 5.06 Å². The Hall–Kier alpha value is -2.05. The maximum atomic E-state index is 11.4. The van der Waals surface area contributed by atoms with Crippen LogP contribution < -0.4 is 12.3 Å². The normalized spacial score (nSPS) is 10.8. The Morgan fingerprint density at radius 1 is 1.32 bits per heavy atom. The van der Waals surface area contributed by atoms with Gasteiger partial charge in [0.05, 0.1) is 23.5 Å². The van der Waals surface area contributed by atoms with Crippen LogP contribution in [0.25, 0.3) is 5.31 Å². The molecule has 0 radical (unpaired) electrons. The van der Waals surface area contributed by atoms with Crippen LogP contribution in [0.3, 0.4) is 0 Å². The van der Waals surface area contributed by atoms with Gasteiger partial charge < -0.3 is 22.1 Å². The molecule has 0 bridgehead atoms. The molecule has 22 heavy (non-hydrogen) atoms. The van der Waals surface area contributed by atoms with Crippen LogP contribution in [0.1, 0.15) is 18.1 Å². The second-order valence-electron chi connectivity index (χ2n) is 3.92. The minimum absolute atomic E-state index is 0. The molecule has 0 atom stereocenters. The zero-order valence-electron chi connectivity index (χ0n) is 12.0. The molecule has 0 aliphatic carbocycles. The van der Waals surface area contributed by atoms with E-state index in [1.807, 2.05) is 6.07 Å². The maximum Gasteiger partial charge on any atom is 0.356 e. The van der Waals surface area contributed by atoms with E-state index in [1.165, 1.54) is 24.3 Å². The largest absolute Gasteiger partial charge is 0.356 e. The van der Waals surface area contributed by atoms with E-state index in [9.17, 15) is 24.4 Å². The maximum absolute atomic E-state index is 11.4. The number of hydroxylamine groups is 2. The standard InChI is InChI=1S/C12H13N2O5P.2H3N/c1-9(15)14(16)7-6-12(20(17,18)19)11-4-2-10(8-13)3-5-11;;/h2-6,16H,7H2,1H3,(H2,17,18,19);2*1H3/b12-6+;;. The zero-order valence-corrected chi connectivity index (χ0v) is 12.9. The van der Waals surface area contributed by atoms with Gasteiger partial charge in [-0.3, -0.25) is 14.6 Å². The number of benzene rings is 1. The predicted molar refractivity (Wildman–Crippen MR) is 80.4 cm³/mol. The average molecular weight is 330 g/mol. The van der Waals surface area contributed by atoms with Gasteiger partial charge in [-0.15, -0.1) is 0 Å². The molecule has 0 unspecified atom stereocenters. The molecule has 0 saturated carbocycles. The lowest BCUT2D eigenvalue weighted by Gasteiger charge is -2.13. The van der Waals surface area contributed by atoms with Crippen LogP contribution in [-0.2, 0) is 9.36 Å². The molecular weight excluding hydrogens is 311 g/mol. The molecular formula is C12H19N4O5P. The van der Waals surface area contributed by atoms with Crippen molar-refractivity contribution in [2.24, 2.45) is 0 Å². The van der Waals surface area contributed by atoms with Crippen LogP contribution in [0.2, 0.25) is 0 Å². The van der Waals surface area contributed by atoms with Gasteiger partial charge in [-0.1, -0.05) is 12.1 Å². The quantitative estimate of drug-likeness (QED) is 0.312. The molecule has 9 N–H and O–H groups in total. The first kappa shape index (κ1) is 22.2. The average Bonchev–Trinajstić information content (AvgIpc) is 2.37. The van der Waals surface area contributed by atoms with Gasteiger partial charge in [0.25, 0.3) is 0 Å². The van der Waals surface area contributed by atoms with Crippen molar-refractivity contribution in [2.45, 2.75) is 6.92 Å². The lowest BCUT2D eigenvalue weighted by atomic mass is 10.1. The van der Waals surface area contributed by atoms with E-state index in [0.717, 1.165) is 13.0 Å². The third-order valence-corrected chi connectivity index (χ3v) is 3.51. The van der Waals surface area contributed by atoms with Crippen LogP contribution in [0.5, 0.6) is 0 Å². The Morgan fingerprint density at radius 2 is 1.82 bits per heavy atom. The highest BCUT2D eigenvalue weighted by Gasteiger charge is 2.22. The molecule has 0 aliphatic rings. The summed E-state index contributed by atoms with van der Waals surface area (Å²) in [6, 6.07) is 7.50. The fourth-order valence-electron chi connectivity index (χ4n) is 1.42. The molecule has 0 heterocycles. The van der Waals surface area contributed by atoms with E-state index < -0.39 is 13.5 Å². The molecule has 1 aromatic carbocycles. The molecule has 0 aromatic heterocycles. The van der Waals surface area contributed by atoms with Crippen molar-refractivity contribution in [1.82, 2.24) is 17.4 Å². The van der Waals surface area contributed by atoms with Crippen molar-refractivity contribution < 1.29 is 24.4 Å². The number of rotatable bonds is 4. The first-order valence-corrected chi connectivity index (χ1v) is 7.10. The lowest BCUT2D eigenvalue weighted by Crippen LogP contribution is -2.24. The third kappa shape index (κ3) is 6.15. The van der Waals surface area contributed by atoms with Crippen LogP contribution in [-0.4, -0.2) is 32.5 Å². The molecule has 0 saturated heterocycles. The van der Waals surface area contributed by atoms with Crippen LogP contribution in [0, 0.1) is 11.3 Å². The van der Waals surface area contributed by atoms with Gasteiger partial charge in [-0.2, -0.15) is 5.26 Å². The number of hydrogen-bond acceptors (Lipinski definition) is 6. The first-order chi connectivity index (χ1) is 9.25. The Morgan fingerprint density at radius 3 is 2.18 bits per heavy atom. The highest BCUT2D eigenvalue weighted by Crippen LogP contribution is 2.50.